The Kier molecular flexibility index (Phi) is 2.88. The molecule has 1 aromatic heterocycles. The lowest BCUT2D eigenvalue weighted by atomic mass is 10.2. The van der Waals surface area contributed by atoms with E-state index in [2.05, 4.69) is 31.0 Å². The first kappa shape index (κ1) is 9.99. The van der Waals surface area contributed by atoms with Crippen LogP contribution in [0.3, 0.4) is 0 Å². The van der Waals surface area contributed by atoms with Gasteiger partial charge in [-0.15, -0.1) is 6.58 Å². The average Bonchev–Trinajstić information content (AvgIpc) is 2.69. The Bertz CT molecular complexity index is 425. The third-order valence-electron chi connectivity index (χ3n) is 2.44. The molecule has 2 heteroatoms. The van der Waals surface area contributed by atoms with Gasteiger partial charge in [0, 0.05) is 11.9 Å². The van der Waals surface area contributed by atoms with Crippen LogP contribution in [-0.2, 0) is 0 Å². The molecule has 0 aliphatic rings. The van der Waals surface area contributed by atoms with E-state index in [1.165, 1.54) is 0 Å². The van der Waals surface area contributed by atoms with Crippen LogP contribution in [0.2, 0.25) is 0 Å². The molecule has 15 heavy (non-hydrogen) atoms. The molecule has 2 rings (SSSR count). The lowest BCUT2D eigenvalue weighted by Gasteiger charge is -2.08. The molecule has 0 fully saturated rings. The van der Waals surface area contributed by atoms with Gasteiger partial charge in [-0.3, -0.25) is 0 Å². The molecule has 1 heterocycles. The van der Waals surface area contributed by atoms with Gasteiger partial charge >= 0.3 is 0 Å². The highest BCUT2D eigenvalue weighted by atomic mass is 16.3. The summed E-state index contributed by atoms with van der Waals surface area (Å²) in [6, 6.07) is 10.3. The van der Waals surface area contributed by atoms with Crippen LogP contribution in [0.15, 0.2) is 47.4 Å². The smallest absolute Gasteiger partial charge is 0.134 e. The molecule has 1 unspecified atom stereocenters. The number of hydrogen-bond donors (Lipinski definition) is 1. The van der Waals surface area contributed by atoms with Crippen LogP contribution in [-0.4, -0.2) is 6.54 Å². The number of nitrogens with one attached hydrogen (secondary N) is 1. The molecule has 0 aliphatic carbocycles. The molecule has 0 radical (unpaired) electrons. The molecule has 0 spiro atoms. The van der Waals surface area contributed by atoms with E-state index in [0.717, 1.165) is 23.3 Å². The molecular formula is C13H15NO. The van der Waals surface area contributed by atoms with Gasteiger partial charge in [-0.2, -0.15) is 0 Å². The maximum atomic E-state index is 5.73. The van der Waals surface area contributed by atoms with Crippen molar-refractivity contribution in [2.75, 3.05) is 6.54 Å². The first-order valence-electron chi connectivity index (χ1n) is 5.14. The molecular weight excluding hydrogens is 186 g/mol. The number of para-hydroxylation sites is 1. The predicted molar refractivity (Wildman–Crippen MR) is 62.8 cm³/mol. The van der Waals surface area contributed by atoms with Gasteiger partial charge in [0.05, 0.1) is 6.04 Å². The van der Waals surface area contributed by atoms with Gasteiger partial charge in [-0.1, -0.05) is 24.3 Å². The summed E-state index contributed by atoms with van der Waals surface area (Å²) in [6.07, 6.45) is 1.85. The van der Waals surface area contributed by atoms with Crippen molar-refractivity contribution in [3.8, 4) is 0 Å². The summed E-state index contributed by atoms with van der Waals surface area (Å²) in [5, 5.41) is 4.45. The van der Waals surface area contributed by atoms with E-state index in [0.29, 0.717) is 0 Å². The lowest BCUT2D eigenvalue weighted by Crippen LogP contribution is -2.17. The van der Waals surface area contributed by atoms with Crippen molar-refractivity contribution >= 4 is 11.0 Å². The molecule has 0 amide bonds. The van der Waals surface area contributed by atoms with Gasteiger partial charge in [0.25, 0.3) is 0 Å². The summed E-state index contributed by atoms with van der Waals surface area (Å²) in [5.41, 5.74) is 0.944. The number of furan rings is 1. The van der Waals surface area contributed by atoms with Gasteiger partial charge in [0.15, 0.2) is 0 Å². The summed E-state index contributed by atoms with van der Waals surface area (Å²) in [5.74, 6) is 0.970. The van der Waals surface area contributed by atoms with Gasteiger partial charge in [-0.25, -0.2) is 0 Å². The number of hydrogen-bond acceptors (Lipinski definition) is 2. The average molecular weight is 201 g/mol. The Balaban J connectivity index is 2.24. The highest BCUT2D eigenvalue weighted by Crippen LogP contribution is 2.23. The molecule has 0 saturated carbocycles. The topological polar surface area (TPSA) is 25.2 Å². The van der Waals surface area contributed by atoms with E-state index in [-0.39, 0.29) is 6.04 Å². The number of fused-ring (bicyclic) bond motifs is 1. The van der Waals surface area contributed by atoms with Crippen molar-refractivity contribution in [3.63, 3.8) is 0 Å². The van der Waals surface area contributed by atoms with Crippen LogP contribution in [0.1, 0.15) is 18.7 Å². The van der Waals surface area contributed by atoms with Crippen LogP contribution in [0.4, 0.5) is 0 Å². The highest BCUT2D eigenvalue weighted by Gasteiger charge is 2.09. The fraction of sp³-hybridized carbons (Fsp3) is 0.231. The van der Waals surface area contributed by atoms with Gasteiger partial charge in [-0.05, 0) is 19.1 Å². The lowest BCUT2D eigenvalue weighted by molar-refractivity contribution is 0.465. The molecule has 2 aromatic rings. The molecule has 78 valence electrons. The van der Waals surface area contributed by atoms with Crippen LogP contribution in [0.25, 0.3) is 11.0 Å². The minimum Gasteiger partial charge on any atom is -0.459 e. The van der Waals surface area contributed by atoms with E-state index in [1.807, 2.05) is 24.3 Å². The van der Waals surface area contributed by atoms with Gasteiger partial charge in [0.2, 0.25) is 0 Å². The van der Waals surface area contributed by atoms with Crippen molar-refractivity contribution in [1.82, 2.24) is 5.32 Å². The quantitative estimate of drug-likeness (QED) is 0.768. The number of benzene rings is 1. The minimum atomic E-state index is 0.218. The molecule has 2 nitrogen and oxygen atoms in total. The normalized spacial score (nSPS) is 12.9. The monoisotopic (exact) mass is 201 g/mol. The van der Waals surface area contributed by atoms with Crippen molar-refractivity contribution < 1.29 is 4.42 Å². The fourth-order valence-corrected chi connectivity index (χ4v) is 1.58. The third kappa shape index (κ3) is 2.10. The Morgan fingerprint density at radius 3 is 3.00 bits per heavy atom. The molecule has 0 saturated heterocycles. The minimum absolute atomic E-state index is 0.218. The SMILES string of the molecule is C=CCNC(C)c1cc2ccccc2o1. The zero-order chi connectivity index (χ0) is 10.7. The van der Waals surface area contributed by atoms with Gasteiger partial charge in [0.1, 0.15) is 11.3 Å². The first-order chi connectivity index (χ1) is 7.31. The summed E-state index contributed by atoms with van der Waals surface area (Å²) in [6.45, 7) is 6.55. The maximum absolute atomic E-state index is 5.73. The Morgan fingerprint density at radius 2 is 2.27 bits per heavy atom. The van der Waals surface area contributed by atoms with E-state index in [4.69, 9.17) is 4.42 Å². The first-order valence-corrected chi connectivity index (χ1v) is 5.14. The molecule has 0 aliphatic heterocycles. The summed E-state index contributed by atoms with van der Waals surface area (Å²) in [7, 11) is 0. The molecule has 1 N–H and O–H groups in total. The highest BCUT2D eigenvalue weighted by molar-refractivity contribution is 5.77. The number of rotatable bonds is 4. The standard InChI is InChI=1S/C13H15NO/c1-3-8-14-10(2)13-9-11-6-4-5-7-12(11)15-13/h3-7,9-10,14H,1,8H2,2H3. The Morgan fingerprint density at radius 1 is 1.47 bits per heavy atom. The Labute approximate surface area is 89.6 Å². The zero-order valence-electron chi connectivity index (χ0n) is 8.86. The predicted octanol–water partition coefficient (Wildman–Crippen LogP) is 3.27. The maximum Gasteiger partial charge on any atom is 0.134 e. The van der Waals surface area contributed by atoms with Crippen LogP contribution in [0.5, 0.6) is 0 Å². The van der Waals surface area contributed by atoms with E-state index in [1.54, 1.807) is 0 Å². The second-order valence-corrected chi connectivity index (χ2v) is 3.61. The van der Waals surface area contributed by atoms with Crippen molar-refractivity contribution in [1.29, 1.82) is 0 Å². The summed E-state index contributed by atoms with van der Waals surface area (Å²) >= 11 is 0. The van der Waals surface area contributed by atoms with Crippen LogP contribution < -0.4 is 5.32 Å². The van der Waals surface area contributed by atoms with E-state index >= 15 is 0 Å². The zero-order valence-corrected chi connectivity index (χ0v) is 8.86. The molecule has 1 atom stereocenters. The summed E-state index contributed by atoms with van der Waals surface area (Å²) < 4.78 is 5.73. The summed E-state index contributed by atoms with van der Waals surface area (Å²) in [4.78, 5) is 0. The van der Waals surface area contributed by atoms with Crippen LogP contribution >= 0.6 is 0 Å². The third-order valence-corrected chi connectivity index (χ3v) is 2.44. The molecule has 0 bridgehead atoms. The van der Waals surface area contributed by atoms with Gasteiger partial charge < -0.3 is 9.73 Å². The van der Waals surface area contributed by atoms with Crippen LogP contribution in [0, 0.1) is 0 Å². The van der Waals surface area contributed by atoms with Crippen molar-refractivity contribution in [2.24, 2.45) is 0 Å². The second kappa shape index (κ2) is 4.32. The largest absolute Gasteiger partial charge is 0.459 e. The van der Waals surface area contributed by atoms with Crippen molar-refractivity contribution in [3.05, 3.63) is 48.7 Å². The second-order valence-electron chi connectivity index (χ2n) is 3.61. The Hall–Kier alpha value is -1.54. The van der Waals surface area contributed by atoms with E-state index < -0.39 is 0 Å². The fourth-order valence-electron chi connectivity index (χ4n) is 1.58. The molecule has 1 aromatic carbocycles. The van der Waals surface area contributed by atoms with E-state index in [9.17, 15) is 0 Å². The van der Waals surface area contributed by atoms with Crippen molar-refractivity contribution in [2.45, 2.75) is 13.0 Å².